The molecule has 6 heteroatoms. The molecule has 0 heterocycles. The van der Waals surface area contributed by atoms with E-state index in [-0.39, 0.29) is 6.61 Å². The van der Waals surface area contributed by atoms with Crippen LogP contribution < -0.4 is 11.5 Å². The Kier molecular flexibility index (Phi) is 5.16. The predicted molar refractivity (Wildman–Crippen MR) is 90.2 cm³/mol. The van der Waals surface area contributed by atoms with Crippen molar-refractivity contribution in [1.29, 1.82) is 0 Å². The summed E-state index contributed by atoms with van der Waals surface area (Å²) in [6.45, 7) is 1.98. The van der Waals surface area contributed by atoms with Gasteiger partial charge in [-0.25, -0.2) is 0 Å². The molecule has 116 valence electrons. The minimum atomic E-state index is -0.785. The summed E-state index contributed by atoms with van der Waals surface area (Å²) < 4.78 is 5.16. The van der Waals surface area contributed by atoms with E-state index in [4.69, 9.17) is 39.4 Å². The van der Waals surface area contributed by atoms with Crippen LogP contribution >= 0.6 is 23.2 Å². The van der Waals surface area contributed by atoms with Gasteiger partial charge >= 0.3 is 5.97 Å². The third-order valence-electron chi connectivity index (χ3n) is 3.18. The number of nitrogen functional groups attached to an aromatic ring is 2. The van der Waals surface area contributed by atoms with Crippen LogP contribution in [-0.2, 0) is 9.53 Å². The predicted octanol–water partition coefficient (Wildman–Crippen LogP) is 3.85. The molecule has 0 aromatic heterocycles. The summed E-state index contributed by atoms with van der Waals surface area (Å²) in [5, 5.41) is 0.816. The van der Waals surface area contributed by atoms with E-state index in [1.165, 1.54) is 0 Å². The van der Waals surface area contributed by atoms with Gasteiger partial charge in [0.1, 0.15) is 5.92 Å². The van der Waals surface area contributed by atoms with E-state index in [0.717, 1.165) is 0 Å². The van der Waals surface area contributed by atoms with E-state index in [1.54, 1.807) is 43.3 Å². The van der Waals surface area contributed by atoms with Crippen molar-refractivity contribution >= 4 is 40.5 Å². The highest BCUT2D eigenvalue weighted by Crippen LogP contribution is 2.37. The van der Waals surface area contributed by atoms with Crippen molar-refractivity contribution in [3.05, 3.63) is 57.6 Å². The van der Waals surface area contributed by atoms with Gasteiger partial charge in [0.2, 0.25) is 0 Å². The lowest BCUT2D eigenvalue weighted by Gasteiger charge is -2.19. The molecule has 2 aromatic rings. The third kappa shape index (κ3) is 3.46. The number of carbonyl (C=O) groups is 1. The van der Waals surface area contributed by atoms with E-state index in [0.29, 0.717) is 32.5 Å². The van der Waals surface area contributed by atoms with Crippen LogP contribution in [0.3, 0.4) is 0 Å². The minimum Gasteiger partial charge on any atom is -0.465 e. The summed E-state index contributed by atoms with van der Waals surface area (Å²) in [4.78, 5) is 12.5. The number of hydrogen-bond acceptors (Lipinski definition) is 4. The van der Waals surface area contributed by atoms with Crippen LogP contribution in [-0.4, -0.2) is 12.6 Å². The fourth-order valence-corrected chi connectivity index (χ4v) is 2.67. The Balaban J connectivity index is 2.63. The number of benzene rings is 2. The first-order chi connectivity index (χ1) is 10.4. The van der Waals surface area contributed by atoms with Gasteiger partial charge in [-0.1, -0.05) is 23.2 Å². The number of carbonyl (C=O) groups excluding carboxylic acids is 1. The molecule has 0 aliphatic heterocycles. The van der Waals surface area contributed by atoms with Gasteiger partial charge < -0.3 is 16.2 Å². The van der Waals surface area contributed by atoms with E-state index in [1.807, 2.05) is 0 Å². The highest BCUT2D eigenvalue weighted by atomic mass is 35.5. The average molecular weight is 339 g/mol. The molecule has 0 radical (unpaired) electrons. The molecule has 0 amide bonds. The molecule has 0 unspecified atom stereocenters. The van der Waals surface area contributed by atoms with E-state index < -0.39 is 11.9 Å². The summed E-state index contributed by atoms with van der Waals surface area (Å²) >= 11 is 12.5. The molecule has 22 heavy (non-hydrogen) atoms. The van der Waals surface area contributed by atoms with Crippen molar-refractivity contribution in [2.45, 2.75) is 12.8 Å². The van der Waals surface area contributed by atoms with E-state index in [9.17, 15) is 4.79 Å². The van der Waals surface area contributed by atoms with Gasteiger partial charge in [-0.15, -0.1) is 0 Å². The molecule has 2 rings (SSSR count). The second-order valence-electron chi connectivity index (χ2n) is 4.75. The Morgan fingerprint density at radius 3 is 1.91 bits per heavy atom. The summed E-state index contributed by atoms with van der Waals surface area (Å²) in [6, 6.07) is 9.88. The molecular weight excluding hydrogens is 323 g/mol. The van der Waals surface area contributed by atoms with Crippen molar-refractivity contribution in [1.82, 2.24) is 0 Å². The SMILES string of the molecule is CCOC(=O)C(c1cc(N)ccc1Cl)c1cc(N)ccc1Cl. The Morgan fingerprint density at radius 2 is 1.50 bits per heavy atom. The van der Waals surface area contributed by atoms with Crippen molar-refractivity contribution in [3.63, 3.8) is 0 Å². The van der Waals surface area contributed by atoms with Gasteiger partial charge in [-0.2, -0.15) is 0 Å². The molecule has 4 N–H and O–H groups in total. The van der Waals surface area contributed by atoms with Crippen LogP contribution in [0.1, 0.15) is 24.0 Å². The molecule has 4 nitrogen and oxygen atoms in total. The second-order valence-corrected chi connectivity index (χ2v) is 5.56. The molecule has 0 saturated heterocycles. The largest absolute Gasteiger partial charge is 0.465 e. The minimum absolute atomic E-state index is 0.245. The number of ether oxygens (including phenoxy) is 1. The van der Waals surface area contributed by atoms with Crippen molar-refractivity contribution in [3.8, 4) is 0 Å². The molecule has 0 atom stereocenters. The maximum absolute atomic E-state index is 12.5. The molecular formula is C16H16Cl2N2O2. The van der Waals surface area contributed by atoms with Crippen molar-refractivity contribution in [2.75, 3.05) is 18.1 Å². The van der Waals surface area contributed by atoms with Crippen molar-refractivity contribution in [2.24, 2.45) is 0 Å². The van der Waals surface area contributed by atoms with E-state index >= 15 is 0 Å². The topological polar surface area (TPSA) is 78.3 Å². The second kappa shape index (κ2) is 6.90. The monoisotopic (exact) mass is 338 g/mol. The molecule has 0 bridgehead atoms. The quantitative estimate of drug-likeness (QED) is 0.655. The average Bonchev–Trinajstić information content (AvgIpc) is 2.47. The lowest BCUT2D eigenvalue weighted by molar-refractivity contribution is -0.143. The summed E-state index contributed by atoms with van der Waals surface area (Å²) in [5.41, 5.74) is 13.7. The van der Waals surface area contributed by atoms with Crippen LogP contribution in [0, 0.1) is 0 Å². The Labute approximate surface area is 139 Å². The first-order valence-electron chi connectivity index (χ1n) is 6.70. The van der Waals surface area contributed by atoms with Crippen LogP contribution in [0.25, 0.3) is 0 Å². The third-order valence-corrected chi connectivity index (χ3v) is 3.87. The van der Waals surface area contributed by atoms with Crippen LogP contribution in [0.5, 0.6) is 0 Å². The summed E-state index contributed by atoms with van der Waals surface area (Å²) in [7, 11) is 0. The number of esters is 1. The van der Waals surface area contributed by atoms with Gasteiger partial charge in [0.15, 0.2) is 0 Å². The maximum atomic E-state index is 12.5. The maximum Gasteiger partial charge on any atom is 0.318 e. The zero-order chi connectivity index (χ0) is 16.3. The van der Waals surface area contributed by atoms with Crippen LogP contribution in [0.4, 0.5) is 11.4 Å². The lowest BCUT2D eigenvalue weighted by Crippen LogP contribution is -2.18. The molecule has 0 saturated carbocycles. The number of anilines is 2. The van der Waals surface area contributed by atoms with E-state index in [2.05, 4.69) is 0 Å². The normalized spacial score (nSPS) is 10.7. The number of nitrogens with two attached hydrogens (primary N) is 2. The molecule has 0 fully saturated rings. The van der Waals surface area contributed by atoms with Crippen LogP contribution in [0.15, 0.2) is 36.4 Å². The fraction of sp³-hybridized carbons (Fsp3) is 0.188. The molecule has 0 spiro atoms. The summed E-state index contributed by atoms with van der Waals surface area (Å²) in [5.74, 6) is -1.24. The molecule has 0 aliphatic carbocycles. The lowest BCUT2D eigenvalue weighted by atomic mass is 9.90. The standard InChI is InChI=1S/C16H16Cl2N2O2/c1-2-22-16(21)15(11-7-9(19)3-5-13(11)17)12-8-10(20)4-6-14(12)18/h3-8,15H,2,19-20H2,1H3. The van der Waals surface area contributed by atoms with Crippen LogP contribution in [0.2, 0.25) is 10.0 Å². The van der Waals surface area contributed by atoms with Crippen molar-refractivity contribution < 1.29 is 9.53 Å². The first-order valence-corrected chi connectivity index (χ1v) is 7.46. The first kappa shape index (κ1) is 16.5. The highest BCUT2D eigenvalue weighted by Gasteiger charge is 2.28. The van der Waals surface area contributed by atoms with Gasteiger partial charge in [0, 0.05) is 21.4 Å². The van der Waals surface area contributed by atoms with Gasteiger partial charge in [-0.3, -0.25) is 4.79 Å². The zero-order valence-electron chi connectivity index (χ0n) is 12.0. The Morgan fingerprint density at radius 1 is 1.05 bits per heavy atom. The Bertz CT molecular complexity index is 653. The number of rotatable bonds is 4. The highest BCUT2D eigenvalue weighted by molar-refractivity contribution is 6.33. The number of halogens is 2. The Hall–Kier alpha value is -1.91. The van der Waals surface area contributed by atoms with Gasteiger partial charge in [-0.05, 0) is 54.4 Å². The molecule has 2 aromatic carbocycles. The van der Waals surface area contributed by atoms with Gasteiger partial charge in [0.05, 0.1) is 6.61 Å². The molecule has 0 aliphatic rings. The van der Waals surface area contributed by atoms with Gasteiger partial charge in [0.25, 0.3) is 0 Å². The smallest absolute Gasteiger partial charge is 0.318 e. The summed E-state index contributed by atoms with van der Waals surface area (Å²) in [6.07, 6.45) is 0. The number of hydrogen-bond donors (Lipinski definition) is 2. The fourth-order valence-electron chi connectivity index (χ4n) is 2.21. The zero-order valence-corrected chi connectivity index (χ0v) is 13.5.